The van der Waals surface area contributed by atoms with Crippen LogP contribution in [0, 0.1) is 10.1 Å². The lowest BCUT2D eigenvalue weighted by Crippen LogP contribution is -2.26. The normalized spacial score (nSPS) is 10.4. The molecule has 1 rings (SSSR count). The molecule has 0 saturated carbocycles. The minimum absolute atomic E-state index is 0.0231. The molecule has 5 heteroatoms. The van der Waals surface area contributed by atoms with E-state index in [9.17, 15) is 14.9 Å². The molecule has 21 heavy (non-hydrogen) atoms. The topological polar surface area (TPSA) is 63.5 Å². The standard InChI is InChI=1S/C16H24N2O3/c1-4-6-10-17(11-7-5-2)15-9-8-14(13(3)19)12-16(15)18(20)21/h8-9,12H,4-7,10-11H2,1-3H3. The van der Waals surface area contributed by atoms with Gasteiger partial charge in [-0.15, -0.1) is 0 Å². The highest BCUT2D eigenvalue weighted by Crippen LogP contribution is 2.30. The zero-order valence-electron chi connectivity index (χ0n) is 13.1. The molecule has 0 bridgehead atoms. The Bertz CT molecular complexity index is 492. The number of nitrogens with zero attached hydrogens (tertiary/aromatic N) is 2. The van der Waals surface area contributed by atoms with Crippen molar-refractivity contribution < 1.29 is 9.72 Å². The van der Waals surface area contributed by atoms with Crippen molar-refractivity contribution in [2.75, 3.05) is 18.0 Å². The number of hydrogen-bond acceptors (Lipinski definition) is 4. The number of carbonyl (C=O) groups is 1. The Morgan fingerprint density at radius 2 is 1.76 bits per heavy atom. The number of nitro groups is 1. The van der Waals surface area contributed by atoms with E-state index < -0.39 is 4.92 Å². The van der Waals surface area contributed by atoms with E-state index >= 15 is 0 Å². The summed E-state index contributed by atoms with van der Waals surface area (Å²) in [5.74, 6) is -0.154. The second kappa shape index (κ2) is 8.39. The van der Waals surface area contributed by atoms with E-state index in [1.54, 1.807) is 12.1 Å². The van der Waals surface area contributed by atoms with Crippen LogP contribution in [0.25, 0.3) is 0 Å². The Morgan fingerprint density at radius 3 is 2.19 bits per heavy atom. The molecule has 0 N–H and O–H groups in total. The smallest absolute Gasteiger partial charge is 0.293 e. The molecular formula is C16H24N2O3. The average molecular weight is 292 g/mol. The lowest BCUT2D eigenvalue weighted by atomic mass is 10.1. The van der Waals surface area contributed by atoms with E-state index in [2.05, 4.69) is 18.7 Å². The third kappa shape index (κ3) is 4.85. The van der Waals surface area contributed by atoms with Gasteiger partial charge in [-0.05, 0) is 31.9 Å². The van der Waals surface area contributed by atoms with Gasteiger partial charge in [-0.25, -0.2) is 0 Å². The molecule has 0 saturated heterocycles. The fraction of sp³-hybridized carbons (Fsp3) is 0.562. The number of carbonyl (C=O) groups excluding carboxylic acids is 1. The molecule has 0 radical (unpaired) electrons. The minimum Gasteiger partial charge on any atom is -0.366 e. The largest absolute Gasteiger partial charge is 0.366 e. The Balaban J connectivity index is 3.15. The van der Waals surface area contributed by atoms with Crippen LogP contribution in [0.1, 0.15) is 56.8 Å². The van der Waals surface area contributed by atoms with Gasteiger partial charge in [0.15, 0.2) is 5.78 Å². The summed E-state index contributed by atoms with van der Waals surface area (Å²) in [6.45, 7) is 7.23. The Hall–Kier alpha value is -1.91. The van der Waals surface area contributed by atoms with Crippen molar-refractivity contribution >= 4 is 17.2 Å². The van der Waals surface area contributed by atoms with Gasteiger partial charge >= 0.3 is 0 Å². The molecule has 0 unspecified atom stereocenters. The van der Waals surface area contributed by atoms with Gasteiger partial charge in [0.05, 0.1) is 4.92 Å². The molecule has 1 aromatic carbocycles. The number of anilines is 1. The number of hydrogen-bond donors (Lipinski definition) is 0. The summed E-state index contributed by atoms with van der Waals surface area (Å²) in [5, 5.41) is 11.3. The molecule has 0 atom stereocenters. The van der Waals surface area contributed by atoms with Crippen molar-refractivity contribution in [2.24, 2.45) is 0 Å². The molecule has 0 fully saturated rings. The summed E-state index contributed by atoms with van der Waals surface area (Å²) >= 11 is 0. The third-order valence-corrected chi connectivity index (χ3v) is 3.48. The van der Waals surface area contributed by atoms with Gasteiger partial charge in [0.2, 0.25) is 0 Å². The lowest BCUT2D eigenvalue weighted by Gasteiger charge is -2.24. The van der Waals surface area contributed by atoms with Gasteiger partial charge in [0.1, 0.15) is 5.69 Å². The van der Waals surface area contributed by atoms with Gasteiger partial charge in [-0.3, -0.25) is 14.9 Å². The fourth-order valence-corrected chi connectivity index (χ4v) is 2.21. The average Bonchev–Trinajstić information content (AvgIpc) is 2.46. The maximum atomic E-state index is 11.4. The molecule has 1 aromatic rings. The molecule has 0 aliphatic rings. The molecule has 5 nitrogen and oxygen atoms in total. The molecule has 0 spiro atoms. The summed E-state index contributed by atoms with van der Waals surface area (Å²) < 4.78 is 0. The maximum Gasteiger partial charge on any atom is 0.293 e. The van der Waals surface area contributed by atoms with Crippen LogP contribution in [0.3, 0.4) is 0 Å². The minimum atomic E-state index is -0.396. The fourth-order valence-electron chi connectivity index (χ4n) is 2.21. The van der Waals surface area contributed by atoms with Crippen LogP contribution in [0.4, 0.5) is 11.4 Å². The Labute approximate surface area is 126 Å². The van der Waals surface area contributed by atoms with E-state index in [1.165, 1.54) is 13.0 Å². The highest BCUT2D eigenvalue weighted by atomic mass is 16.6. The highest BCUT2D eigenvalue weighted by molar-refractivity contribution is 5.95. The monoisotopic (exact) mass is 292 g/mol. The van der Waals surface area contributed by atoms with E-state index in [0.717, 1.165) is 38.8 Å². The van der Waals surface area contributed by atoms with Gasteiger partial charge < -0.3 is 4.90 Å². The van der Waals surface area contributed by atoms with Crippen LogP contribution in [0.2, 0.25) is 0 Å². The van der Waals surface area contributed by atoms with Crippen LogP contribution < -0.4 is 4.90 Å². The molecule has 116 valence electrons. The molecule has 0 aromatic heterocycles. The number of nitro benzene ring substituents is 1. The second-order valence-electron chi connectivity index (χ2n) is 5.21. The van der Waals surface area contributed by atoms with Gasteiger partial charge in [-0.2, -0.15) is 0 Å². The summed E-state index contributed by atoms with van der Waals surface area (Å²) in [7, 11) is 0. The summed E-state index contributed by atoms with van der Waals surface area (Å²) in [6.07, 6.45) is 4.08. The van der Waals surface area contributed by atoms with Crippen molar-refractivity contribution in [3.63, 3.8) is 0 Å². The van der Waals surface area contributed by atoms with Crippen molar-refractivity contribution in [2.45, 2.75) is 46.5 Å². The van der Waals surface area contributed by atoms with Gasteiger partial charge in [0.25, 0.3) is 5.69 Å². The summed E-state index contributed by atoms with van der Waals surface area (Å²) in [4.78, 5) is 24.4. The van der Waals surface area contributed by atoms with E-state index in [-0.39, 0.29) is 11.5 Å². The number of unbranched alkanes of at least 4 members (excludes halogenated alkanes) is 2. The predicted molar refractivity (Wildman–Crippen MR) is 85.1 cm³/mol. The first-order valence-corrected chi connectivity index (χ1v) is 7.55. The number of Topliss-reactive ketones (excluding diaryl/α,β-unsaturated/α-hetero) is 1. The van der Waals surface area contributed by atoms with Crippen molar-refractivity contribution in [1.29, 1.82) is 0 Å². The maximum absolute atomic E-state index is 11.4. The third-order valence-electron chi connectivity index (χ3n) is 3.48. The molecule has 0 aliphatic heterocycles. The Morgan fingerprint density at radius 1 is 1.19 bits per heavy atom. The quantitative estimate of drug-likeness (QED) is 0.388. The van der Waals surface area contributed by atoms with Crippen molar-refractivity contribution in [1.82, 2.24) is 0 Å². The molecule has 0 amide bonds. The summed E-state index contributed by atoms with van der Waals surface area (Å²) in [5.41, 5.74) is 1.03. The predicted octanol–water partition coefficient (Wildman–Crippen LogP) is 4.20. The number of rotatable bonds is 9. The molecule has 0 heterocycles. The van der Waals surface area contributed by atoms with Gasteiger partial charge in [-0.1, -0.05) is 26.7 Å². The van der Waals surface area contributed by atoms with Crippen LogP contribution in [-0.4, -0.2) is 23.8 Å². The number of benzene rings is 1. The molecule has 0 aliphatic carbocycles. The van der Waals surface area contributed by atoms with E-state index in [0.29, 0.717) is 11.3 Å². The van der Waals surface area contributed by atoms with Crippen LogP contribution in [0.15, 0.2) is 18.2 Å². The first-order valence-electron chi connectivity index (χ1n) is 7.55. The SMILES string of the molecule is CCCCN(CCCC)c1ccc(C(C)=O)cc1[N+](=O)[O-]. The van der Waals surface area contributed by atoms with E-state index in [4.69, 9.17) is 0 Å². The first kappa shape index (κ1) is 17.1. The van der Waals surface area contributed by atoms with Crippen molar-refractivity contribution in [3.8, 4) is 0 Å². The number of ketones is 1. The molecular weight excluding hydrogens is 268 g/mol. The van der Waals surface area contributed by atoms with Crippen LogP contribution in [0.5, 0.6) is 0 Å². The van der Waals surface area contributed by atoms with Crippen LogP contribution >= 0.6 is 0 Å². The van der Waals surface area contributed by atoms with E-state index in [1.807, 2.05) is 0 Å². The zero-order chi connectivity index (χ0) is 15.8. The summed E-state index contributed by atoms with van der Waals surface area (Å²) in [6, 6.07) is 4.78. The van der Waals surface area contributed by atoms with Crippen LogP contribution in [-0.2, 0) is 0 Å². The van der Waals surface area contributed by atoms with Gasteiger partial charge in [0, 0.05) is 24.7 Å². The Kier molecular flexibility index (Phi) is 6.85. The zero-order valence-corrected chi connectivity index (χ0v) is 13.1. The second-order valence-corrected chi connectivity index (χ2v) is 5.21. The first-order chi connectivity index (χ1) is 10.0. The van der Waals surface area contributed by atoms with Crippen molar-refractivity contribution in [3.05, 3.63) is 33.9 Å². The highest BCUT2D eigenvalue weighted by Gasteiger charge is 2.20. The lowest BCUT2D eigenvalue weighted by molar-refractivity contribution is -0.384.